The van der Waals surface area contributed by atoms with E-state index in [2.05, 4.69) is 17.0 Å². The molecule has 0 unspecified atom stereocenters. The largest absolute Gasteiger partial charge is 0.460 e. The Bertz CT molecular complexity index is 416. The second-order valence-corrected chi connectivity index (χ2v) is 3.01. The van der Waals surface area contributed by atoms with Gasteiger partial charge in [0.05, 0.1) is 4.92 Å². The van der Waals surface area contributed by atoms with E-state index < -0.39 is 16.2 Å². The third-order valence-electron chi connectivity index (χ3n) is 1.49. The Hall–Kier alpha value is -1.70. The number of hydrogen-bond donors (Lipinski definition) is 0. The molecular formula is C8H4F3NO3S. The molecule has 4 nitrogen and oxygen atoms in total. The lowest BCUT2D eigenvalue weighted by molar-refractivity contribution is -0.384. The number of thiocarbonyl (C=S) groups is 1. The van der Waals surface area contributed by atoms with Crippen LogP contribution in [-0.2, 0) is 0 Å². The number of rotatable bonds is 2. The normalized spacial score (nSPS) is 10.9. The standard InChI is InChI=1S/C8H4F3NO3S/c9-8(10,11)7(16)15-6-3-1-5(2-4-6)12(13)14/h1-4H. The number of nitro groups is 1. The first-order chi connectivity index (χ1) is 7.30. The summed E-state index contributed by atoms with van der Waals surface area (Å²) in [7, 11) is 0. The summed E-state index contributed by atoms with van der Waals surface area (Å²) in [6.07, 6.45) is -4.73. The molecule has 0 fully saturated rings. The Labute approximate surface area is 92.8 Å². The number of ether oxygens (including phenoxy) is 1. The van der Waals surface area contributed by atoms with E-state index in [9.17, 15) is 23.3 Å². The molecule has 0 spiro atoms. The van der Waals surface area contributed by atoms with E-state index in [0.29, 0.717) is 0 Å². The fourth-order valence-corrected chi connectivity index (χ4v) is 0.897. The van der Waals surface area contributed by atoms with Crippen LogP contribution in [0.2, 0.25) is 0 Å². The molecule has 0 atom stereocenters. The first kappa shape index (κ1) is 12.4. The topological polar surface area (TPSA) is 52.4 Å². The molecule has 86 valence electrons. The van der Waals surface area contributed by atoms with Crippen LogP contribution in [0.5, 0.6) is 5.75 Å². The lowest BCUT2D eigenvalue weighted by Crippen LogP contribution is -2.25. The highest BCUT2D eigenvalue weighted by Crippen LogP contribution is 2.23. The number of non-ortho nitro benzene ring substituents is 1. The van der Waals surface area contributed by atoms with Crippen LogP contribution in [0.4, 0.5) is 18.9 Å². The fourth-order valence-electron chi connectivity index (χ4n) is 0.801. The minimum Gasteiger partial charge on any atom is -0.442 e. The Morgan fingerprint density at radius 1 is 1.31 bits per heavy atom. The van der Waals surface area contributed by atoms with Crippen molar-refractivity contribution in [1.82, 2.24) is 0 Å². The van der Waals surface area contributed by atoms with Gasteiger partial charge >= 0.3 is 6.18 Å². The van der Waals surface area contributed by atoms with Crippen LogP contribution >= 0.6 is 12.2 Å². The highest BCUT2D eigenvalue weighted by atomic mass is 32.1. The average molecular weight is 251 g/mol. The molecule has 1 aromatic carbocycles. The van der Waals surface area contributed by atoms with Crippen molar-refractivity contribution < 1.29 is 22.8 Å². The van der Waals surface area contributed by atoms with Gasteiger partial charge in [-0.1, -0.05) is 0 Å². The predicted octanol–water partition coefficient (Wildman–Crippen LogP) is 2.86. The van der Waals surface area contributed by atoms with Crippen LogP contribution in [-0.4, -0.2) is 16.2 Å². The van der Waals surface area contributed by atoms with Gasteiger partial charge in [-0.15, -0.1) is 0 Å². The molecule has 0 N–H and O–H groups in total. The second-order valence-electron chi connectivity index (χ2n) is 2.64. The quantitative estimate of drug-likeness (QED) is 0.460. The van der Waals surface area contributed by atoms with Crippen molar-refractivity contribution in [3.05, 3.63) is 34.4 Å². The minimum absolute atomic E-state index is 0.201. The molecule has 0 bridgehead atoms. The third-order valence-corrected chi connectivity index (χ3v) is 1.80. The van der Waals surface area contributed by atoms with Gasteiger partial charge < -0.3 is 4.74 Å². The molecule has 0 saturated heterocycles. The van der Waals surface area contributed by atoms with Crippen LogP contribution in [0.1, 0.15) is 0 Å². The fraction of sp³-hybridized carbons (Fsp3) is 0.125. The molecule has 0 aliphatic carbocycles. The van der Waals surface area contributed by atoms with E-state index in [4.69, 9.17) is 0 Å². The number of halogens is 3. The summed E-state index contributed by atoms with van der Waals surface area (Å²) in [5, 5.41) is 8.71. The Kier molecular flexibility index (Phi) is 3.43. The van der Waals surface area contributed by atoms with Crippen molar-refractivity contribution in [2.45, 2.75) is 6.18 Å². The van der Waals surface area contributed by atoms with Crippen LogP contribution in [0.15, 0.2) is 24.3 Å². The molecule has 0 radical (unpaired) electrons. The van der Waals surface area contributed by atoms with Gasteiger partial charge in [0.2, 0.25) is 0 Å². The highest BCUT2D eigenvalue weighted by molar-refractivity contribution is 7.80. The maximum atomic E-state index is 12.0. The molecule has 16 heavy (non-hydrogen) atoms. The van der Waals surface area contributed by atoms with Gasteiger partial charge in [-0.3, -0.25) is 10.1 Å². The number of nitro benzene ring substituents is 1. The Morgan fingerprint density at radius 3 is 2.19 bits per heavy atom. The molecular weight excluding hydrogens is 247 g/mol. The maximum absolute atomic E-state index is 12.0. The van der Waals surface area contributed by atoms with Crippen molar-refractivity contribution >= 4 is 23.0 Å². The summed E-state index contributed by atoms with van der Waals surface area (Å²) in [6.45, 7) is 0. The molecule has 0 aliphatic heterocycles. The van der Waals surface area contributed by atoms with Gasteiger partial charge in [0.1, 0.15) is 5.75 Å². The summed E-state index contributed by atoms with van der Waals surface area (Å²) in [5.41, 5.74) is -0.245. The SMILES string of the molecule is O=[N+]([O-])c1ccc(OC(=S)C(F)(F)F)cc1. The zero-order valence-electron chi connectivity index (χ0n) is 7.52. The zero-order valence-corrected chi connectivity index (χ0v) is 8.34. The van der Waals surface area contributed by atoms with Crippen molar-refractivity contribution in [2.75, 3.05) is 0 Å². The predicted molar refractivity (Wildman–Crippen MR) is 52.4 cm³/mol. The smallest absolute Gasteiger partial charge is 0.442 e. The van der Waals surface area contributed by atoms with Gasteiger partial charge in [0.15, 0.2) is 0 Å². The summed E-state index contributed by atoms with van der Waals surface area (Å²) in [4.78, 5) is 9.58. The van der Waals surface area contributed by atoms with Crippen LogP contribution in [0.3, 0.4) is 0 Å². The molecule has 1 aromatic rings. The molecule has 0 aliphatic rings. The molecule has 1 rings (SSSR count). The minimum atomic E-state index is -4.73. The third kappa shape index (κ3) is 3.16. The summed E-state index contributed by atoms with van der Waals surface area (Å²) in [5.74, 6) is -0.201. The van der Waals surface area contributed by atoms with Gasteiger partial charge in [-0.05, 0) is 24.4 Å². The van der Waals surface area contributed by atoms with Gasteiger partial charge in [-0.2, -0.15) is 13.2 Å². The number of hydrogen-bond acceptors (Lipinski definition) is 4. The van der Waals surface area contributed by atoms with Crippen LogP contribution in [0.25, 0.3) is 0 Å². The lowest BCUT2D eigenvalue weighted by Gasteiger charge is -2.09. The van der Waals surface area contributed by atoms with Crippen molar-refractivity contribution in [1.29, 1.82) is 0 Å². The molecule has 8 heteroatoms. The molecule has 0 heterocycles. The first-order valence-electron chi connectivity index (χ1n) is 3.84. The van der Waals surface area contributed by atoms with Crippen molar-refractivity contribution in [3.8, 4) is 5.75 Å². The van der Waals surface area contributed by atoms with Gasteiger partial charge in [0.25, 0.3) is 10.7 Å². The van der Waals surface area contributed by atoms with Crippen LogP contribution in [0, 0.1) is 10.1 Å². The lowest BCUT2D eigenvalue weighted by atomic mass is 10.3. The Morgan fingerprint density at radius 2 is 1.81 bits per heavy atom. The number of nitrogens with zero attached hydrogens (tertiary/aromatic N) is 1. The summed E-state index contributed by atoms with van der Waals surface area (Å²) < 4.78 is 40.2. The highest BCUT2D eigenvalue weighted by Gasteiger charge is 2.36. The molecule has 0 saturated carbocycles. The molecule has 0 aromatic heterocycles. The first-order valence-corrected chi connectivity index (χ1v) is 4.25. The van der Waals surface area contributed by atoms with E-state index in [1.54, 1.807) is 0 Å². The molecule has 0 amide bonds. The number of alkyl halides is 3. The number of benzene rings is 1. The van der Waals surface area contributed by atoms with E-state index >= 15 is 0 Å². The Balaban J connectivity index is 2.77. The van der Waals surface area contributed by atoms with Crippen LogP contribution < -0.4 is 4.74 Å². The monoisotopic (exact) mass is 251 g/mol. The van der Waals surface area contributed by atoms with Gasteiger partial charge in [0, 0.05) is 12.1 Å². The summed E-state index contributed by atoms with van der Waals surface area (Å²) >= 11 is 3.98. The zero-order chi connectivity index (χ0) is 12.3. The van der Waals surface area contributed by atoms with E-state index in [1.807, 2.05) is 0 Å². The van der Waals surface area contributed by atoms with E-state index in [1.165, 1.54) is 0 Å². The van der Waals surface area contributed by atoms with Crippen molar-refractivity contribution in [2.24, 2.45) is 0 Å². The average Bonchev–Trinajstić information content (AvgIpc) is 2.17. The summed E-state index contributed by atoms with van der Waals surface area (Å²) in [6, 6.07) is 4.12. The van der Waals surface area contributed by atoms with E-state index in [-0.39, 0.29) is 11.4 Å². The van der Waals surface area contributed by atoms with E-state index in [0.717, 1.165) is 24.3 Å². The van der Waals surface area contributed by atoms with Crippen molar-refractivity contribution in [3.63, 3.8) is 0 Å². The van der Waals surface area contributed by atoms with Gasteiger partial charge in [-0.25, -0.2) is 0 Å². The maximum Gasteiger partial charge on any atom is 0.460 e. The second kappa shape index (κ2) is 4.44.